The molecule has 0 fully saturated rings. The Morgan fingerprint density at radius 1 is 1.41 bits per heavy atom. The Labute approximate surface area is 97.6 Å². The molecule has 1 aromatic heterocycles. The van der Waals surface area contributed by atoms with Gasteiger partial charge in [0.15, 0.2) is 6.04 Å². The maximum absolute atomic E-state index is 12.1. The molecule has 2 aromatic rings. The molecule has 1 unspecified atom stereocenters. The zero-order valence-electron chi connectivity index (χ0n) is 9.58. The zero-order chi connectivity index (χ0) is 12.4. The number of fused-ring (bicyclic) bond motifs is 1. The summed E-state index contributed by atoms with van der Waals surface area (Å²) in [6.07, 6.45) is 1.57. The van der Waals surface area contributed by atoms with Crippen molar-refractivity contribution in [1.29, 1.82) is 0 Å². The molecule has 0 aliphatic heterocycles. The van der Waals surface area contributed by atoms with Crippen molar-refractivity contribution in [1.82, 2.24) is 9.78 Å². The lowest BCUT2D eigenvalue weighted by Crippen LogP contribution is -2.30. The van der Waals surface area contributed by atoms with Gasteiger partial charge in [-0.2, -0.15) is 5.10 Å². The molecule has 0 bridgehead atoms. The van der Waals surface area contributed by atoms with Gasteiger partial charge >= 0.3 is 5.97 Å². The molecule has 0 radical (unpaired) electrons. The van der Waals surface area contributed by atoms with Crippen LogP contribution in [0, 0.1) is 0 Å². The van der Waals surface area contributed by atoms with Crippen LogP contribution in [0.25, 0.3) is 10.8 Å². The predicted octanol–water partition coefficient (Wildman–Crippen LogP) is 1.13. The normalized spacial score (nSPS) is 12.4. The monoisotopic (exact) mass is 232 g/mol. The van der Waals surface area contributed by atoms with E-state index in [2.05, 4.69) is 9.84 Å². The molecule has 0 spiro atoms. The van der Waals surface area contributed by atoms with Gasteiger partial charge < -0.3 is 4.74 Å². The molecule has 0 N–H and O–H groups in total. The molecule has 0 aliphatic carbocycles. The molecule has 0 saturated heterocycles. The predicted molar refractivity (Wildman–Crippen MR) is 62.7 cm³/mol. The molecule has 88 valence electrons. The van der Waals surface area contributed by atoms with Gasteiger partial charge in [0, 0.05) is 5.39 Å². The van der Waals surface area contributed by atoms with Crippen LogP contribution in [0.3, 0.4) is 0 Å². The molecule has 5 heteroatoms. The van der Waals surface area contributed by atoms with Crippen LogP contribution in [-0.4, -0.2) is 22.9 Å². The molecule has 0 amide bonds. The summed E-state index contributed by atoms with van der Waals surface area (Å²) >= 11 is 0. The molecule has 1 atom stereocenters. The smallest absolute Gasteiger partial charge is 0.330 e. The minimum Gasteiger partial charge on any atom is -0.467 e. The molecule has 1 heterocycles. The van der Waals surface area contributed by atoms with Gasteiger partial charge in [-0.15, -0.1) is 0 Å². The fraction of sp³-hybridized carbons (Fsp3) is 0.250. The van der Waals surface area contributed by atoms with Gasteiger partial charge in [-0.05, 0) is 13.0 Å². The van der Waals surface area contributed by atoms with Crippen molar-refractivity contribution < 1.29 is 9.53 Å². The number of carbonyl (C=O) groups excluding carboxylic acids is 1. The van der Waals surface area contributed by atoms with E-state index in [0.29, 0.717) is 5.39 Å². The van der Waals surface area contributed by atoms with Crippen LogP contribution in [0.15, 0.2) is 35.3 Å². The molecule has 0 aliphatic rings. The van der Waals surface area contributed by atoms with Crippen molar-refractivity contribution in [3.63, 3.8) is 0 Å². The summed E-state index contributed by atoms with van der Waals surface area (Å²) in [5, 5.41) is 5.27. The van der Waals surface area contributed by atoms with Gasteiger partial charge in [-0.25, -0.2) is 9.48 Å². The van der Waals surface area contributed by atoms with Crippen LogP contribution in [0.4, 0.5) is 0 Å². The van der Waals surface area contributed by atoms with Crippen molar-refractivity contribution >= 4 is 16.7 Å². The number of nitrogens with zero attached hydrogens (tertiary/aromatic N) is 2. The summed E-state index contributed by atoms with van der Waals surface area (Å²) in [4.78, 5) is 23.5. The maximum Gasteiger partial charge on any atom is 0.330 e. The van der Waals surface area contributed by atoms with Crippen LogP contribution in [0.1, 0.15) is 13.0 Å². The fourth-order valence-electron chi connectivity index (χ4n) is 1.65. The zero-order valence-corrected chi connectivity index (χ0v) is 9.58. The van der Waals surface area contributed by atoms with Gasteiger partial charge in [0.2, 0.25) is 0 Å². The lowest BCUT2D eigenvalue weighted by Gasteiger charge is -2.11. The number of esters is 1. The number of ether oxygens (including phenoxy) is 1. The molecule has 0 saturated carbocycles. The SMILES string of the molecule is COC(=O)C(C)n1ncc2ccccc2c1=O. The van der Waals surface area contributed by atoms with Gasteiger partial charge in [0.25, 0.3) is 5.56 Å². The summed E-state index contributed by atoms with van der Waals surface area (Å²) in [6, 6.07) is 6.39. The Morgan fingerprint density at radius 3 is 2.82 bits per heavy atom. The van der Waals surface area contributed by atoms with E-state index in [1.54, 1.807) is 31.3 Å². The molecular formula is C12H12N2O3. The Bertz CT molecular complexity index is 618. The van der Waals surface area contributed by atoms with E-state index in [1.807, 2.05) is 6.07 Å². The second kappa shape index (κ2) is 4.37. The highest BCUT2D eigenvalue weighted by molar-refractivity contribution is 5.81. The second-order valence-corrected chi connectivity index (χ2v) is 3.68. The number of carbonyl (C=O) groups is 1. The lowest BCUT2D eigenvalue weighted by molar-refractivity contribution is -0.144. The standard InChI is InChI=1S/C12H12N2O3/c1-8(12(16)17-2)14-11(15)10-6-4-3-5-9(10)7-13-14/h3-8H,1-2H3. The highest BCUT2D eigenvalue weighted by atomic mass is 16.5. The van der Waals surface area contributed by atoms with Gasteiger partial charge in [-0.3, -0.25) is 4.79 Å². The minimum absolute atomic E-state index is 0.291. The number of methoxy groups -OCH3 is 1. The topological polar surface area (TPSA) is 61.2 Å². The van der Waals surface area contributed by atoms with E-state index in [-0.39, 0.29) is 5.56 Å². The Balaban J connectivity index is 2.61. The highest BCUT2D eigenvalue weighted by Crippen LogP contribution is 2.09. The van der Waals surface area contributed by atoms with Crippen LogP contribution in [0.2, 0.25) is 0 Å². The summed E-state index contributed by atoms with van der Waals surface area (Å²) in [6.45, 7) is 1.58. The number of benzene rings is 1. The van der Waals surface area contributed by atoms with Crippen molar-refractivity contribution in [2.75, 3.05) is 7.11 Å². The summed E-state index contributed by atoms with van der Waals surface area (Å²) in [5.74, 6) is -0.491. The van der Waals surface area contributed by atoms with Crippen molar-refractivity contribution in [2.45, 2.75) is 13.0 Å². The van der Waals surface area contributed by atoms with Crippen LogP contribution < -0.4 is 5.56 Å². The van der Waals surface area contributed by atoms with Crippen molar-refractivity contribution in [3.8, 4) is 0 Å². The first-order valence-electron chi connectivity index (χ1n) is 5.19. The van der Waals surface area contributed by atoms with E-state index >= 15 is 0 Å². The van der Waals surface area contributed by atoms with Crippen molar-refractivity contribution in [3.05, 3.63) is 40.8 Å². The number of aromatic nitrogens is 2. The van der Waals surface area contributed by atoms with Gasteiger partial charge in [-0.1, -0.05) is 18.2 Å². The minimum atomic E-state index is -0.725. The first-order valence-corrected chi connectivity index (χ1v) is 5.19. The third-order valence-electron chi connectivity index (χ3n) is 2.63. The average Bonchev–Trinajstić information content (AvgIpc) is 2.38. The van der Waals surface area contributed by atoms with Crippen LogP contribution in [-0.2, 0) is 9.53 Å². The third-order valence-corrected chi connectivity index (χ3v) is 2.63. The third kappa shape index (κ3) is 1.91. The molecular weight excluding hydrogens is 220 g/mol. The van der Waals surface area contributed by atoms with E-state index in [0.717, 1.165) is 10.1 Å². The number of hydrogen-bond donors (Lipinski definition) is 0. The summed E-state index contributed by atoms with van der Waals surface area (Å²) in [5.41, 5.74) is -0.291. The highest BCUT2D eigenvalue weighted by Gasteiger charge is 2.18. The van der Waals surface area contributed by atoms with Crippen LogP contribution in [0.5, 0.6) is 0 Å². The van der Waals surface area contributed by atoms with E-state index < -0.39 is 12.0 Å². The van der Waals surface area contributed by atoms with E-state index in [1.165, 1.54) is 7.11 Å². The Kier molecular flexibility index (Phi) is 2.91. The lowest BCUT2D eigenvalue weighted by atomic mass is 10.2. The maximum atomic E-state index is 12.1. The summed E-state index contributed by atoms with van der Waals surface area (Å²) < 4.78 is 5.73. The van der Waals surface area contributed by atoms with Gasteiger partial charge in [0.1, 0.15) is 0 Å². The van der Waals surface area contributed by atoms with E-state index in [4.69, 9.17) is 0 Å². The first-order chi connectivity index (χ1) is 8.15. The number of hydrogen-bond acceptors (Lipinski definition) is 4. The number of rotatable bonds is 2. The second-order valence-electron chi connectivity index (χ2n) is 3.68. The average molecular weight is 232 g/mol. The quantitative estimate of drug-likeness (QED) is 0.728. The van der Waals surface area contributed by atoms with Crippen molar-refractivity contribution in [2.24, 2.45) is 0 Å². The summed E-state index contributed by atoms with van der Waals surface area (Å²) in [7, 11) is 1.28. The molecule has 17 heavy (non-hydrogen) atoms. The largest absolute Gasteiger partial charge is 0.467 e. The van der Waals surface area contributed by atoms with Crippen LogP contribution >= 0.6 is 0 Å². The first kappa shape index (κ1) is 11.3. The van der Waals surface area contributed by atoms with E-state index in [9.17, 15) is 9.59 Å². The Hall–Kier alpha value is -2.17. The fourth-order valence-corrected chi connectivity index (χ4v) is 1.65. The molecule has 5 nitrogen and oxygen atoms in total. The molecule has 2 rings (SSSR count). The molecule has 1 aromatic carbocycles. The van der Waals surface area contributed by atoms with Gasteiger partial charge in [0.05, 0.1) is 18.7 Å². The Morgan fingerprint density at radius 2 is 2.12 bits per heavy atom.